The minimum atomic E-state index is -0.420. The van der Waals surface area contributed by atoms with Gasteiger partial charge in [0.05, 0.1) is 0 Å². The van der Waals surface area contributed by atoms with Gasteiger partial charge >= 0.3 is 5.69 Å². The molecule has 3 aromatic rings. The Morgan fingerprint density at radius 2 is 1.56 bits per heavy atom. The molecule has 0 N–H and O–H groups in total. The first kappa shape index (κ1) is 19.1. The van der Waals surface area contributed by atoms with Crippen LogP contribution in [0.2, 0.25) is 0 Å². The molecule has 2 aromatic carbocycles. The molecule has 3 rings (SSSR count). The lowest BCUT2D eigenvalue weighted by Crippen LogP contribution is -2.44. The van der Waals surface area contributed by atoms with Crippen LogP contribution in [0.3, 0.4) is 0 Å². The summed E-state index contributed by atoms with van der Waals surface area (Å²) in [5, 5.41) is 2.24. The Bertz CT molecular complexity index is 1060. The lowest BCUT2D eigenvalue weighted by atomic mass is 9.98. The van der Waals surface area contributed by atoms with Crippen molar-refractivity contribution in [2.24, 2.45) is 0 Å². The molecule has 0 radical (unpaired) electrons. The van der Waals surface area contributed by atoms with Crippen LogP contribution in [0.15, 0.2) is 52.1 Å². The summed E-state index contributed by atoms with van der Waals surface area (Å²) in [5.74, 6) is 0. The normalized spacial score (nSPS) is 11.2. The summed E-state index contributed by atoms with van der Waals surface area (Å²) >= 11 is 0. The van der Waals surface area contributed by atoms with E-state index in [9.17, 15) is 9.59 Å². The van der Waals surface area contributed by atoms with E-state index in [0.29, 0.717) is 24.1 Å². The predicted molar refractivity (Wildman–Crippen MR) is 105 cm³/mol. The minimum absolute atomic E-state index is 0.0793. The smallest absolute Gasteiger partial charge is 0.335 e. The van der Waals surface area contributed by atoms with Crippen molar-refractivity contribution in [2.75, 3.05) is 14.2 Å². The predicted octanol–water partition coefficient (Wildman–Crippen LogP) is 2.52. The number of hydrogen-bond acceptors (Lipinski definition) is 4. The first-order chi connectivity index (χ1) is 13.1. The van der Waals surface area contributed by atoms with E-state index in [2.05, 4.69) is 18.2 Å². The molecule has 0 atom stereocenters. The van der Waals surface area contributed by atoms with E-state index in [0.717, 1.165) is 20.9 Å². The second-order valence-electron chi connectivity index (χ2n) is 6.37. The third kappa shape index (κ3) is 3.59. The van der Waals surface area contributed by atoms with E-state index in [-0.39, 0.29) is 19.0 Å². The minimum Gasteiger partial charge on any atom is -0.364 e. The Labute approximate surface area is 157 Å². The molecule has 27 heavy (non-hydrogen) atoms. The zero-order valence-corrected chi connectivity index (χ0v) is 15.9. The molecule has 0 spiro atoms. The average Bonchev–Trinajstić information content (AvgIpc) is 2.69. The molecule has 6 heteroatoms. The lowest BCUT2D eigenvalue weighted by molar-refractivity contribution is 0.103. The van der Waals surface area contributed by atoms with Gasteiger partial charge in [-0.2, -0.15) is 0 Å². The number of benzene rings is 2. The van der Waals surface area contributed by atoms with E-state index in [4.69, 9.17) is 9.47 Å². The van der Waals surface area contributed by atoms with Gasteiger partial charge in [-0.3, -0.25) is 9.36 Å². The fourth-order valence-corrected chi connectivity index (χ4v) is 3.49. The summed E-state index contributed by atoms with van der Waals surface area (Å²) in [5.41, 5.74) is 1.65. The fourth-order valence-electron chi connectivity index (χ4n) is 3.49. The van der Waals surface area contributed by atoms with E-state index in [1.165, 1.54) is 18.8 Å². The zero-order valence-electron chi connectivity index (χ0n) is 15.9. The second-order valence-corrected chi connectivity index (χ2v) is 6.37. The van der Waals surface area contributed by atoms with Crippen molar-refractivity contribution >= 4 is 10.8 Å². The van der Waals surface area contributed by atoms with Crippen LogP contribution in [0.5, 0.6) is 0 Å². The van der Waals surface area contributed by atoms with Crippen LogP contribution >= 0.6 is 0 Å². The molecule has 0 amide bonds. The zero-order chi connectivity index (χ0) is 19.4. The Morgan fingerprint density at radius 3 is 2.26 bits per heavy atom. The third-order valence-electron chi connectivity index (χ3n) is 4.75. The first-order valence-corrected chi connectivity index (χ1v) is 8.92. The van der Waals surface area contributed by atoms with Crippen molar-refractivity contribution in [1.29, 1.82) is 0 Å². The molecule has 0 fully saturated rings. The molecule has 0 saturated carbocycles. The third-order valence-corrected chi connectivity index (χ3v) is 4.75. The van der Waals surface area contributed by atoms with E-state index in [1.807, 2.05) is 31.2 Å². The van der Waals surface area contributed by atoms with Crippen LogP contribution in [0.25, 0.3) is 10.8 Å². The maximum atomic E-state index is 12.9. The summed E-state index contributed by atoms with van der Waals surface area (Å²) in [7, 11) is 2.99. The highest BCUT2D eigenvalue weighted by molar-refractivity contribution is 5.85. The van der Waals surface area contributed by atoms with Crippen LogP contribution in [0, 0.1) is 0 Å². The van der Waals surface area contributed by atoms with Gasteiger partial charge in [0.1, 0.15) is 13.5 Å². The number of fused-ring (bicyclic) bond motifs is 1. The van der Waals surface area contributed by atoms with Crippen molar-refractivity contribution in [1.82, 2.24) is 9.13 Å². The summed E-state index contributed by atoms with van der Waals surface area (Å²) in [6.45, 7) is 1.92. The molecule has 1 aromatic heterocycles. The molecule has 0 bridgehead atoms. The number of ether oxygens (including phenoxy) is 2. The van der Waals surface area contributed by atoms with Gasteiger partial charge in [-0.05, 0) is 22.8 Å². The SMILES string of the molecule is CCc1c(Cc2cccc3ccccc23)n(COC)c(=O)n(COC)c1=O. The summed E-state index contributed by atoms with van der Waals surface area (Å²) in [4.78, 5) is 25.7. The van der Waals surface area contributed by atoms with E-state index >= 15 is 0 Å². The second kappa shape index (κ2) is 8.33. The van der Waals surface area contributed by atoms with Crippen LogP contribution in [0.1, 0.15) is 23.7 Å². The number of hydrogen-bond donors (Lipinski definition) is 0. The molecule has 0 aliphatic rings. The quantitative estimate of drug-likeness (QED) is 0.643. The molecule has 6 nitrogen and oxygen atoms in total. The molecule has 0 aliphatic carbocycles. The maximum absolute atomic E-state index is 12.9. The summed E-state index contributed by atoms with van der Waals surface area (Å²) < 4.78 is 12.9. The van der Waals surface area contributed by atoms with Gasteiger partial charge in [0.25, 0.3) is 5.56 Å². The van der Waals surface area contributed by atoms with E-state index < -0.39 is 5.69 Å². The van der Waals surface area contributed by atoms with Crippen LogP contribution in [0.4, 0.5) is 0 Å². The van der Waals surface area contributed by atoms with Gasteiger partial charge in [0.2, 0.25) is 0 Å². The van der Waals surface area contributed by atoms with Crippen molar-refractivity contribution in [2.45, 2.75) is 33.2 Å². The number of methoxy groups -OCH3 is 2. The number of nitrogens with zero attached hydrogens (tertiary/aromatic N) is 2. The largest absolute Gasteiger partial charge is 0.364 e. The molecule has 0 unspecified atom stereocenters. The van der Waals surface area contributed by atoms with Crippen molar-refractivity contribution in [3.63, 3.8) is 0 Å². The molecule has 0 aliphatic heterocycles. The summed E-state index contributed by atoms with van der Waals surface area (Å²) in [6, 6.07) is 14.2. The summed E-state index contributed by atoms with van der Waals surface area (Å²) in [6.07, 6.45) is 0.999. The Balaban J connectivity index is 2.24. The molecule has 142 valence electrons. The average molecular weight is 368 g/mol. The highest BCUT2D eigenvalue weighted by atomic mass is 16.5. The topological polar surface area (TPSA) is 62.5 Å². The monoisotopic (exact) mass is 368 g/mol. The molecule has 0 saturated heterocycles. The highest BCUT2D eigenvalue weighted by Gasteiger charge is 2.19. The molecular weight excluding hydrogens is 344 g/mol. The molecular formula is C21H24N2O4. The Hall–Kier alpha value is -2.70. The first-order valence-electron chi connectivity index (χ1n) is 8.92. The lowest BCUT2D eigenvalue weighted by Gasteiger charge is -2.19. The standard InChI is InChI=1S/C21H24N2O4/c1-4-17-19(12-16-10-7-9-15-8-5-6-11-18(15)16)22(13-26-2)21(25)23(14-27-3)20(17)24/h5-11H,4,12-14H2,1-3H3. The van der Waals surface area contributed by atoms with E-state index in [1.54, 1.807) is 0 Å². The van der Waals surface area contributed by atoms with Crippen LogP contribution in [-0.2, 0) is 35.8 Å². The van der Waals surface area contributed by atoms with Crippen molar-refractivity contribution in [3.8, 4) is 0 Å². The van der Waals surface area contributed by atoms with Gasteiger partial charge in [0.15, 0.2) is 0 Å². The number of rotatable bonds is 7. The molecule has 1 heterocycles. The Morgan fingerprint density at radius 1 is 0.889 bits per heavy atom. The number of aromatic nitrogens is 2. The van der Waals surface area contributed by atoms with Crippen molar-refractivity contribution < 1.29 is 9.47 Å². The fraction of sp³-hybridized carbons (Fsp3) is 0.333. The van der Waals surface area contributed by atoms with Gasteiger partial charge in [0, 0.05) is 31.9 Å². The van der Waals surface area contributed by atoms with Crippen LogP contribution in [-0.4, -0.2) is 23.4 Å². The van der Waals surface area contributed by atoms with Gasteiger partial charge in [-0.15, -0.1) is 0 Å². The van der Waals surface area contributed by atoms with Gasteiger partial charge in [-0.25, -0.2) is 9.36 Å². The van der Waals surface area contributed by atoms with Gasteiger partial charge in [-0.1, -0.05) is 49.4 Å². The van der Waals surface area contributed by atoms with Crippen LogP contribution < -0.4 is 11.2 Å². The Kier molecular flexibility index (Phi) is 5.88. The van der Waals surface area contributed by atoms with Gasteiger partial charge < -0.3 is 9.47 Å². The maximum Gasteiger partial charge on any atom is 0.335 e. The van der Waals surface area contributed by atoms with Crippen molar-refractivity contribution in [3.05, 3.63) is 80.1 Å². The highest BCUT2D eigenvalue weighted by Crippen LogP contribution is 2.22.